The lowest BCUT2D eigenvalue weighted by atomic mass is 9.45. The summed E-state index contributed by atoms with van der Waals surface area (Å²) in [5.41, 5.74) is 2.86. The van der Waals surface area contributed by atoms with Crippen LogP contribution in [-0.4, -0.2) is 0 Å². The minimum absolute atomic E-state index is 0.615. The lowest BCUT2D eigenvalue weighted by Crippen LogP contribution is -2.49. The molecule has 3 rings (SSSR count). The molecule has 0 heteroatoms. The van der Waals surface area contributed by atoms with E-state index in [1.165, 1.54) is 38.5 Å². The van der Waals surface area contributed by atoms with Crippen LogP contribution in [0.4, 0.5) is 0 Å². The summed E-state index contributed by atoms with van der Waals surface area (Å²) in [6.45, 7) is 2.30. The Balaban J connectivity index is 2.02. The van der Waals surface area contributed by atoms with E-state index in [1.54, 1.807) is 5.57 Å². The van der Waals surface area contributed by atoms with Crippen molar-refractivity contribution in [3.05, 3.63) is 23.8 Å². The fourth-order valence-corrected chi connectivity index (χ4v) is 3.72. The topological polar surface area (TPSA) is 0 Å². The Kier molecular flexibility index (Phi) is 1.38. The van der Waals surface area contributed by atoms with Gasteiger partial charge in [-0.25, -0.2) is 0 Å². The molecule has 3 aliphatic carbocycles. The summed E-state index contributed by atoms with van der Waals surface area (Å²) >= 11 is 0. The highest BCUT2D eigenvalue weighted by molar-refractivity contribution is 5.34. The van der Waals surface area contributed by atoms with Gasteiger partial charge in [0.1, 0.15) is 0 Å². The first kappa shape index (κ1) is 7.84. The van der Waals surface area contributed by atoms with Gasteiger partial charge in [-0.05, 0) is 32.6 Å². The van der Waals surface area contributed by atoms with E-state index in [-0.39, 0.29) is 0 Å². The smallest absolute Gasteiger partial charge is 0.00128 e. The number of hydrogen-bond acceptors (Lipinski definition) is 0. The zero-order chi connectivity index (χ0) is 8.94. The average molecular weight is 174 g/mol. The summed E-state index contributed by atoms with van der Waals surface area (Å²) in [6.07, 6.45) is 16.0. The average Bonchev–Trinajstić information content (AvgIpc) is 2.11. The van der Waals surface area contributed by atoms with Crippen LogP contribution in [0, 0.1) is 10.8 Å². The molecular formula is C13H18. The van der Waals surface area contributed by atoms with Gasteiger partial charge in [-0.2, -0.15) is 0 Å². The summed E-state index contributed by atoms with van der Waals surface area (Å²) in [6, 6.07) is 0. The highest BCUT2D eigenvalue weighted by Gasteiger charge is 2.55. The molecule has 0 aromatic rings. The highest BCUT2D eigenvalue weighted by atomic mass is 14.6. The molecule has 0 heterocycles. The number of rotatable bonds is 0. The van der Waals surface area contributed by atoms with Gasteiger partial charge in [-0.15, -0.1) is 0 Å². The van der Waals surface area contributed by atoms with Crippen molar-refractivity contribution in [1.29, 1.82) is 0 Å². The summed E-state index contributed by atoms with van der Waals surface area (Å²) in [4.78, 5) is 0. The zero-order valence-electron chi connectivity index (χ0n) is 8.47. The minimum atomic E-state index is 0.615. The van der Waals surface area contributed by atoms with Crippen LogP contribution >= 0.6 is 0 Å². The molecule has 1 saturated carbocycles. The molecule has 0 nitrogen and oxygen atoms in total. The predicted octanol–water partition coefficient (Wildman–Crippen LogP) is 3.84. The fraction of sp³-hybridized carbons (Fsp3) is 0.692. The molecule has 0 aromatic heterocycles. The van der Waals surface area contributed by atoms with Gasteiger partial charge in [0.25, 0.3) is 0 Å². The van der Waals surface area contributed by atoms with Crippen molar-refractivity contribution in [3.63, 3.8) is 0 Å². The third kappa shape index (κ3) is 0.820. The van der Waals surface area contributed by atoms with Crippen LogP contribution in [0.25, 0.3) is 0 Å². The van der Waals surface area contributed by atoms with E-state index in [0.29, 0.717) is 10.8 Å². The van der Waals surface area contributed by atoms with Gasteiger partial charge in [-0.1, -0.05) is 36.6 Å². The molecule has 0 amide bonds. The van der Waals surface area contributed by atoms with E-state index in [4.69, 9.17) is 0 Å². The normalized spacial score (nSPS) is 47.3. The Hall–Kier alpha value is -0.520. The van der Waals surface area contributed by atoms with Gasteiger partial charge in [0.15, 0.2) is 0 Å². The van der Waals surface area contributed by atoms with Gasteiger partial charge in [0, 0.05) is 10.8 Å². The molecule has 0 aromatic carbocycles. The first-order valence-electron chi connectivity index (χ1n) is 5.63. The van der Waals surface area contributed by atoms with Gasteiger partial charge < -0.3 is 0 Å². The maximum Gasteiger partial charge on any atom is 0.00128 e. The SMILES string of the molecule is CC1=CC[C@]23C=C[C@]2(CCCC3)C1. The summed E-state index contributed by atoms with van der Waals surface area (Å²) in [5.74, 6) is 0. The first-order chi connectivity index (χ1) is 6.27. The van der Waals surface area contributed by atoms with Crippen molar-refractivity contribution in [2.75, 3.05) is 0 Å². The fourth-order valence-electron chi connectivity index (χ4n) is 3.72. The molecule has 0 unspecified atom stereocenters. The van der Waals surface area contributed by atoms with Crippen molar-refractivity contribution in [1.82, 2.24) is 0 Å². The summed E-state index contributed by atoms with van der Waals surface area (Å²) < 4.78 is 0. The van der Waals surface area contributed by atoms with Crippen LogP contribution in [0.15, 0.2) is 23.8 Å². The van der Waals surface area contributed by atoms with E-state index in [9.17, 15) is 0 Å². The van der Waals surface area contributed by atoms with Gasteiger partial charge in [0.2, 0.25) is 0 Å². The summed E-state index contributed by atoms with van der Waals surface area (Å²) in [7, 11) is 0. The highest BCUT2D eigenvalue weighted by Crippen LogP contribution is 2.65. The van der Waals surface area contributed by atoms with E-state index in [1.807, 2.05) is 0 Å². The molecule has 0 saturated heterocycles. The molecule has 0 radical (unpaired) electrons. The molecule has 2 atom stereocenters. The van der Waals surface area contributed by atoms with Gasteiger partial charge in [-0.3, -0.25) is 0 Å². The van der Waals surface area contributed by atoms with E-state index < -0.39 is 0 Å². The first-order valence-corrected chi connectivity index (χ1v) is 5.63. The molecule has 1 fully saturated rings. The Labute approximate surface area is 80.7 Å². The van der Waals surface area contributed by atoms with Gasteiger partial charge >= 0.3 is 0 Å². The van der Waals surface area contributed by atoms with Crippen molar-refractivity contribution in [2.24, 2.45) is 10.8 Å². The van der Waals surface area contributed by atoms with Crippen LogP contribution in [0.2, 0.25) is 0 Å². The molecule has 0 aliphatic heterocycles. The lowest BCUT2D eigenvalue weighted by Gasteiger charge is -2.59. The van der Waals surface area contributed by atoms with E-state index >= 15 is 0 Å². The predicted molar refractivity (Wildman–Crippen MR) is 55.5 cm³/mol. The van der Waals surface area contributed by atoms with Gasteiger partial charge in [0.05, 0.1) is 0 Å². The van der Waals surface area contributed by atoms with Crippen LogP contribution in [0.1, 0.15) is 45.4 Å². The number of hydrogen-bond donors (Lipinski definition) is 0. The second-order valence-corrected chi connectivity index (χ2v) is 5.28. The lowest BCUT2D eigenvalue weighted by molar-refractivity contribution is 0.0344. The Bertz CT molecular complexity index is 297. The van der Waals surface area contributed by atoms with Crippen LogP contribution < -0.4 is 0 Å². The quantitative estimate of drug-likeness (QED) is 0.489. The monoisotopic (exact) mass is 174 g/mol. The maximum absolute atomic E-state index is 2.52. The van der Waals surface area contributed by atoms with Crippen molar-refractivity contribution >= 4 is 0 Å². The largest absolute Gasteiger partial charge is 0.0847 e. The Morgan fingerprint density at radius 3 is 2.46 bits per heavy atom. The second-order valence-electron chi connectivity index (χ2n) is 5.28. The minimum Gasteiger partial charge on any atom is -0.0847 e. The van der Waals surface area contributed by atoms with Crippen LogP contribution in [-0.2, 0) is 0 Å². The molecule has 13 heavy (non-hydrogen) atoms. The Morgan fingerprint density at radius 2 is 1.77 bits per heavy atom. The third-order valence-corrected chi connectivity index (χ3v) is 4.62. The summed E-state index contributed by atoms with van der Waals surface area (Å²) in [5, 5.41) is 0. The van der Waals surface area contributed by atoms with E-state index in [0.717, 1.165) is 0 Å². The zero-order valence-corrected chi connectivity index (χ0v) is 8.47. The Morgan fingerprint density at radius 1 is 1.08 bits per heavy atom. The molecule has 0 bridgehead atoms. The second kappa shape index (κ2) is 2.29. The molecule has 3 aliphatic rings. The van der Waals surface area contributed by atoms with E-state index in [2.05, 4.69) is 25.2 Å². The van der Waals surface area contributed by atoms with Crippen molar-refractivity contribution < 1.29 is 0 Å². The standard InChI is InChI=1S/C13H18/c1-11-4-7-12-5-2-3-6-13(12,10-11)9-8-12/h4,8-9H,2-3,5-7,10H2,1H3/t12-,13-/m1/s1. The molecule has 70 valence electrons. The third-order valence-electron chi connectivity index (χ3n) is 4.62. The molecular weight excluding hydrogens is 156 g/mol. The van der Waals surface area contributed by atoms with Crippen LogP contribution in [0.3, 0.4) is 0 Å². The number of allylic oxidation sites excluding steroid dienone is 4. The van der Waals surface area contributed by atoms with Crippen LogP contribution in [0.5, 0.6) is 0 Å². The van der Waals surface area contributed by atoms with Crippen molar-refractivity contribution in [2.45, 2.75) is 45.4 Å². The molecule has 0 spiro atoms. The maximum atomic E-state index is 2.52. The van der Waals surface area contributed by atoms with Crippen molar-refractivity contribution in [3.8, 4) is 0 Å². The molecule has 0 N–H and O–H groups in total.